The van der Waals surface area contributed by atoms with E-state index in [0.717, 1.165) is 4.90 Å². The summed E-state index contributed by atoms with van der Waals surface area (Å²) in [5, 5.41) is 22.6. The topological polar surface area (TPSA) is 264 Å². The van der Waals surface area contributed by atoms with Crippen molar-refractivity contribution >= 4 is 47.3 Å². The number of esters is 1. The largest absolute Gasteiger partial charge is 0.461 e. The van der Waals surface area contributed by atoms with E-state index in [9.17, 15) is 38.7 Å². The summed E-state index contributed by atoms with van der Waals surface area (Å²) in [6.07, 6.45) is 1.76. The van der Waals surface area contributed by atoms with Gasteiger partial charge in [-0.3, -0.25) is 24.0 Å². The van der Waals surface area contributed by atoms with Crippen molar-refractivity contribution in [3.63, 3.8) is 0 Å². The lowest BCUT2D eigenvalue weighted by Crippen LogP contribution is -2.53. The molecule has 1 aromatic rings. The van der Waals surface area contributed by atoms with Crippen molar-refractivity contribution in [2.24, 2.45) is 11.5 Å². The average molecular weight is 633 g/mol. The maximum absolute atomic E-state index is 13.4. The van der Waals surface area contributed by atoms with E-state index in [2.05, 4.69) is 26.6 Å². The quantitative estimate of drug-likeness (QED) is 0.0702. The van der Waals surface area contributed by atoms with Gasteiger partial charge >= 0.3 is 18.0 Å². The first-order chi connectivity index (χ1) is 21.3. The van der Waals surface area contributed by atoms with Crippen LogP contribution in [-0.2, 0) is 35.3 Å². The minimum atomic E-state index is -1.15. The Kier molecular flexibility index (Phi) is 14.8. The van der Waals surface area contributed by atoms with Crippen LogP contribution in [0.25, 0.3) is 0 Å². The Bertz CT molecular complexity index is 1250. The maximum atomic E-state index is 13.4. The summed E-state index contributed by atoms with van der Waals surface area (Å²) in [6.45, 7) is 1.49. The third kappa shape index (κ3) is 13.8. The molecule has 1 unspecified atom stereocenters. The van der Waals surface area contributed by atoms with Crippen LogP contribution < -0.4 is 38.1 Å². The number of amides is 8. The third-order valence-electron chi connectivity index (χ3n) is 6.48. The molecule has 2 rings (SSSR count). The summed E-state index contributed by atoms with van der Waals surface area (Å²) in [7, 11) is 0. The second kappa shape index (κ2) is 18.5. The summed E-state index contributed by atoms with van der Waals surface area (Å²) in [4.78, 5) is 85.4. The molecule has 0 spiro atoms. The summed E-state index contributed by atoms with van der Waals surface area (Å²) in [5.41, 5.74) is 11.3. The molecular weight excluding hydrogens is 592 g/mol. The number of hydrogen-bond donors (Lipinski definition) is 8. The van der Waals surface area contributed by atoms with Gasteiger partial charge in [0.05, 0.1) is 0 Å². The molecule has 0 aliphatic carbocycles. The van der Waals surface area contributed by atoms with Gasteiger partial charge in [-0.1, -0.05) is 12.1 Å². The molecule has 45 heavy (non-hydrogen) atoms. The molecule has 10 N–H and O–H groups in total. The molecule has 1 aliphatic heterocycles. The molecule has 0 bridgehead atoms. The molecule has 1 aliphatic rings. The number of primary amides is 2. The fraction of sp³-hybridized carbons (Fsp3) is 0.464. The number of hydrogen-bond acceptors (Lipinski definition) is 9. The van der Waals surface area contributed by atoms with Gasteiger partial charge in [-0.25, -0.2) is 9.59 Å². The highest BCUT2D eigenvalue weighted by molar-refractivity contribution is 5.98. The van der Waals surface area contributed by atoms with Crippen LogP contribution in [0.4, 0.5) is 15.3 Å². The van der Waals surface area contributed by atoms with Gasteiger partial charge in [0.1, 0.15) is 24.9 Å². The van der Waals surface area contributed by atoms with E-state index in [4.69, 9.17) is 16.2 Å². The van der Waals surface area contributed by atoms with Crippen LogP contribution in [0.2, 0.25) is 0 Å². The summed E-state index contributed by atoms with van der Waals surface area (Å²) >= 11 is 0. The van der Waals surface area contributed by atoms with Gasteiger partial charge < -0.3 is 52.8 Å². The molecule has 0 fully saturated rings. The average Bonchev–Trinajstić information content (AvgIpc) is 3.30. The van der Waals surface area contributed by atoms with Crippen molar-refractivity contribution in [3.8, 4) is 0 Å². The Hall–Kier alpha value is -5.19. The highest BCUT2D eigenvalue weighted by Crippen LogP contribution is 2.13. The molecule has 1 heterocycles. The number of nitrogens with zero attached hydrogens (tertiary/aromatic N) is 1. The van der Waals surface area contributed by atoms with Crippen molar-refractivity contribution in [1.29, 1.82) is 0 Å². The SMILES string of the molecule is CC(=O)OCc1ccc(NC(=O)[C@H](CCCNC(N)=O)NC(=O)[C@H](CCCNC(N)=O)NC(=O)CCN2C(=O)C=CC2O)cc1. The Morgan fingerprint density at radius 3 is 2.00 bits per heavy atom. The van der Waals surface area contributed by atoms with Gasteiger partial charge in [0.25, 0.3) is 0 Å². The first kappa shape index (κ1) is 36.0. The van der Waals surface area contributed by atoms with Crippen LogP contribution in [-0.4, -0.2) is 89.6 Å². The Labute approximate surface area is 259 Å². The smallest absolute Gasteiger partial charge is 0.312 e. The highest BCUT2D eigenvalue weighted by Gasteiger charge is 2.28. The lowest BCUT2D eigenvalue weighted by molar-refractivity contribution is -0.142. The van der Waals surface area contributed by atoms with E-state index in [1.807, 2.05) is 0 Å². The van der Waals surface area contributed by atoms with E-state index in [1.165, 1.54) is 19.1 Å². The van der Waals surface area contributed by atoms with Crippen LogP contribution in [0.15, 0.2) is 36.4 Å². The first-order valence-electron chi connectivity index (χ1n) is 14.2. The second-order valence-electron chi connectivity index (χ2n) is 10.1. The summed E-state index contributed by atoms with van der Waals surface area (Å²) in [5.74, 6) is -2.76. The molecule has 3 atom stereocenters. The van der Waals surface area contributed by atoms with Crippen molar-refractivity contribution in [1.82, 2.24) is 26.2 Å². The molecular formula is C28H40N8O9. The van der Waals surface area contributed by atoms with Gasteiger partial charge in [-0.05, 0) is 49.5 Å². The number of ether oxygens (including phenoxy) is 1. The number of benzene rings is 1. The first-order valence-corrected chi connectivity index (χ1v) is 14.2. The Morgan fingerprint density at radius 2 is 1.49 bits per heavy atom. The monoisotopic (exact) mass is 632 g/mol. The van der Waals surface area contributed by atoms with Crippen molar-refractivity contribution in [2.45, 2.75) is 63.9 Å². The fourth-order valence-corrected chi connectivity index (χ4v) is 4.17. The van der Waals surface area contributed by atoms with E-state index in [0.29, 0.717) is 11.3 Å². The summed E-state index contributed by atoms with van der Waals surface area (Å²) < 4.78 is 4.95. The van der Waals surface area contributed by atoms with E-state index in [-0.39, 0.29) is 58.3 Å². The zero-order chi connectivity index (χ0) is 33.4. The van der Waals surface area contributed by atoms with E-state index in [1.54, 1.807) is 24.3 Å². The van der Waals surface area contributed by atoms with E-state index < -0.39 is 60.0 Å². The number of nitrogens with two attached hydrogens (primary N) is 2. The van der Waals surface area contributed by atoms with Crippen molar-refractivity contribution < 1.29 is 43.4 Å². The minimum Gasteiger partial charge on any atom is -0.461 e. The number of nitrogens with one attached hydrogen (secondary N) is 5. The number of aliphatic hydroxyl groups excluding tert-OH is 1. The van der Waals surface area contributed by atoms with Crippen LogP contribution in [0.3, 0.4) is 0 Å². The highest BCUT2D eigenvalue weighted by atomic mass is 16.5. The number of urea groups is 2. The van der Waals surface area contributed by atoms with Gasteiger partial charge in [-0.15, -0.1) is 0 Å². The minimum absolute atomic E-state index is 0.0585. The van der Waals surface area contributed by atoms with Crippen LogP contribution >= 0.6 is 0 Å². The molecule has 0 radical (unpaired) electrons. The number of carbonyl (C=O) groups excluding carboxylic acids is 7. The zero-order valence-electron chi connectivity index (χ0n) is 24.9. The maximum Gasteiger partial charge on any atom is 0.312 e. The number of anilines is 1. The molecule has 1 aromatic carbocycles. The predicted molar refractivity (Wildman–Crippen MR) is 160 cm³/mol. The van der Waals surface area contributed by atoms with Gasteiger partial charge in [0.15, 0.2) is 0 Å². The van der Waals surface area contributed by atoms with Crippen LogP contribution in [0, 0.1) is 0 Å². The lowest BCUT2D eigenvalue weighted by Gasteiger charge is -2.24. The number of rotatable bonds is 18. The normalized spacial score (nSPS) is 15.0. The van der Waals surface area contributed by atoms with Crippen LogP contribution in [0.5, 0.6) is 0 Å². The fourth-order valence-electron chi connectivity index (χ4n) is 4.17. The molecule has 17 heteroatoms. The van der Waals surface area contributed by atoms with Gasteiger partial charge in [0.2, 0.25) is 23.6 Å². The summed E-state index contributed by atoms with van der Waals surface area (Å²) in [6, 6.07) is 2.75. The van der Waals surface area contributed by atoms with Crippen molar-refractivity contribution in [2.75, 3.05) is 25.0 Å². The lowest BCUT2D eigenvalue weighted by atomic mass is 10.1. The second-order valence-corrected chi connectivity index (χ2v) is 10.1. The Morgan fingerprint density at radius 1 is 0.911 bits per heavy atom. The third-order valence-corrected chi connectivity index (χ3v) is 6.48. The number of carbonyl (C=O) groups is 7. The molecule has 246 valence electrons. The van der Waals surface area contributed by atoms with E-state index >= 15 is 0 Å². The standard InChI is InChI=1S/C28H40N8O9/c1-17(37)45-16-18-6-8-19(9-7-18)33-25(41)21(5-3-14-32-28(30)44)35-26(42)20(4-2-13-31-27(29)43)34-22(38)12-15-36-23(39)10-11-24(36)40/h6-11,20-21,23,39H,2-5,12-16H2,1H3,(H,33,41)(H,34,38)(H,35,42)(H3,29,31,43)(H3,30,32,44)/t20-,21-,23?/m0/s1. The number of aliphatic hydroxyl groups is 1. The molecule has 17 nitrogen and oxygen atoms in total. The molecule has 8 amide bonds. The Balaban J connectivity index is 2.10. The molecule has 0 saturated heterocycles. The van der Waals surface area contributed by atoms with Crippen molar-refractivity contribution in [3.05, 3.63) is 42.0 Å². The zero-order valence-corrected chi connectivity index (χ0v) is 24.9. The molecule has 0 saturated carbocycles. The van der Waals surface area contributed by atoms with Crippen LogP contribution in [0.1, 0.15) is 44.6 Å². The van der Waals surface area contributed by atoms with Gasteiger partial charge in [0, 0.05) is 44.7 Å². The molecule has 0 aromatic heterocycles. The van der Waals surface area contributed by atoms with Gasteiger partial charge in [-0.2, -0.15) is 0 Å². The predicted octanol–water partition coefficient (Wildman–Crippen LogP) is -1.34.